The second-order valence-electron chi connectivity index (χ2n) is 6.50. The van der Waals surface area contributed by atoms with Crippen molar-refractivity contribution >= 4 is 11.6 Å². The molecule has 1 spiro atoms. The monoisotopic (exact) mass is 292 g/mol. The minimum atomic E-state index is -0.874. The lowest BCUT2D eigenvalue weighted by Crippen LogP contribution is -2.35. The van der Waals surface area contributed by atoms with Gasteiger partial charge in [0.2, 0.25) is 5.91 Å². The molecule has 1 aromatic carbocycles. The minimum absolute atomic E-state index is 0.0682. The molecular formula is C16H18F2N2O. The number of carbonyl (C=O) groups excluding carboxylic acids is 1. The van der Waals surface area contributed by atoms with Crippen LogP contribution in [0.5, 0.6) is 0 Å². The van der Waals surface area contributed by atoms with Crippen molar-refractivity contribution in [3.8, 4) is 0 Å². The van der Waals surface area contributed by atoms with Crippen LogP contribution in [0.15, 0.2) is 12.1 Å². The highest BCUT2D eigenvalue weighted by molar-refractivity contribution is 5.99. The van der Waals surface area contributed by atoms with Gasteiger partial charge in [0.1, 0.15) is 0 Å². The number of anilines is 1. The van der Waals surface area contributed by atoms with Crippen molar-refractivity contribution in [1.29, 1.82) is 0 Å². The average molecular weight is 292 g/mol. The normalized spacial score (nSPS) is 26.0. The third-order valence-electron chi connectivity index (χ3n) is 5.37. The molecular weight excluding hydrogens is 274 g/mol. The van der Waals surface area contributed by atoms with Gasteiger partial charge in [-0.1, -0.05) is 0 Å². The second-order valence-corrected chi connectivity index (χ2v) is 6.50. The minimum Gasteiger partial charge on any atom is -0.317 e. The van der Waals surface area contributed by atoms with Gasteiger partial charge < -0.3 is 10.2 Å². The van der Waals surface area contributed by atoms with Crippen LogP contribution in [-0.2, 0) is 11.2 Å². The Labute approximate surface area is 122 Å². The molecule has 112 valence electrons. The Hall–Kier alpha value is -1.49. The number of fused-ring (bicyclic) bond motifs is 1. The first-order chi connectivity index (χ1) is 10.1. The number of nitrogens with zero attached hydrogens (tertiary/aromatic N) is 1. The molecule has 1 aromatic rings. The maximum atomic E-state index is 13.5. The van der Waals surface area contributed by atoms with Crippen LogP contribution in [0.4, 0.5) is 14.5 Å². The molecule has 1 unspecified atom stereocenters. The van der Waals surface area contributed by atoms with E-state index < -0.39 is 11.6 Å². The third kappa shape index (κ3) is 1.98. The number of piperidine rings is 1. The first-order valence-corrected chi connectivity index (χ1v) is 7.61. The van der Waals surface area contributed by atoms with Crippen LogP contribution < -0.4 is 10.2 Å². The first kappa shape index (κ1) is 13.2. The standard InChI is InChI=1S/C16H18F2N2O/c17-12-7-10-1-6-20(14(10)8-13(12)18)15(21)11-9-16(11)2-4-19-5-3-16/h7-8,11,19H,1-6,9H2. The summed E-state index contributed by atoms with van der Waals surface area (Å²) >= 11 is 0. The number of halogens is 2. The van der Waals surface area contributed by atoms with E-state index in [0.717, 1.165) is 37.9 Å². The van der Waals surface area contributed by atoms with Crippen LogP contribution in [0.25, 0.3) is 0 Å². The zero-order chi connectivity index (χ0) is 14.6. The number of nitrogens with one attached hydrogen (secondary N) is 1. The molecule has 3 nitrogen and oxygen atoms in total. The molecule has 1 atom stereocenters. The SMILES string of the molecule is O=C(C1CC12CCNCC2)N1CCc2cc(F)c(F)cc21. The molecule has 1 aliphatic carbocycles. The van der Waals surface area contributed by atoms with E-state index >= 15 is 0 Å². The van der Waals surface area contributed by atoms with Crippen LogP contribution >= 0.6 is 0 Å². The van der Waals surface area contributed by atoms with Gasteiger partial charge in [-0.15, -0.1) is 0 Å². The Morgan fingerprint density at radius 3 is 2.71 bits per heavy atom. The molecule has 1 amide bonds. The van der Waals surface area contributed by atoms with E-state index in [-0.39, 0.29) is 17.2 Å². The van der Waals surface area contributed by atoms with Crippen LogP contribution in [0.3, 0.4) is 0 Å². The molecule has 2 heterocycles. The van der Waals surface area contributed by atoms with Crippen molar-refractivity contribution < 1.29 is 13.6 Å². The summed E-state index contributed by atoms with van der Waals surface area (Å²) in [6.07, 6.45) is 3.65. The molecule has 2 aliphatic heterocycles. The van der Waals surface area contributed by atoms with Gasteiger partial charge in [-0.25, -0.2) is 8.78 Å². The predicted octanol–water partition coefficient (Wildman–Crippen LogP) is 2.24. The highest BCUT2D eigenvalue weighted by Gasteiger charge is 2.59. The number of amides is 1. The van der Waals surface area contributed by atoms with Crippen molar-refractivity contribution in [2.45, 2.75) is 25.7 Å². The molecule has 4 rings (SSSR count). The molecule has 3 aliphatic rings. The van der Waals surface area contributed by atoms with E-state index in [9.17, 15) is 13.6 Å². The lowest BCUT2D eigenvalue weighted by Gasteiger charge is -2.25. The van der Waals surface area contributed by atoms with Gasteiger partial charge in [0.05, 0.1) is 5.69 Å². The highest BCUT2D eigenvalue weighted by atomic mass is 19.2. The van der Waals surface area contributed by atoms with E-state index in [4.69, 9.17) is 0 Å². The fourth-order valence-electron chi connectivity index (χ4n) is 3.97. The van der Waals surface area contributed by atoms with E-state index in [1.807, 2.05) is 0 Å². The van der Waals surface area contributed by atoms with Crippen molar-refractivity contribution in [2.75, 3.05) is 24.5 Å². The Morgan fingerprint density at radius 1 is 1.24 bits per heavy atom. The second kappa shape index (κ2) is 4.50. The zero-order valence-electron chi connectivity index (χ0n) is 11.8. The Kier molecular flexibility index (Phi) is 2.83. The summed E-state index contributed by atoms with van der Waals surface area (Å²) in [5, 5.41) is 3.32. The summed E-state index contributed by atoms with van der Waals surface area (Å²) in [5.41, 5.74) is 1.47. The van der Waals surface area contributed by atoms with Gasteiger partial charge in [0.25, 0.3) is 0 Å². The smallest absolute Gasteiger partial charge is 0.230 e. The van der Waals surface area contributed by atoms with E-state index in [0.29, 0.717) is 18.7 Å². The topological polar surface area (TPSA) is 32.3 Å². The van der Waals surface area contributed by atoms with Gasteiger partial charge in [-0.3, -0.25) is 4.79 Å². The molecule has 0 aromatic heterocycles. The number of rotatable bonds is 1. The highest BCUT2D eigenvalue weighted by Crippen LogP contribution is 2.59. The summed E-state index contributed by atoms with van der Waals surface area (Å²) in [6.45, 7) is 2.49. The quantitative estimate of drug-likeness (QED) is 0.861. The molecule has 1 N–H and O–H groups in total. The van der Waals surface area contributed by atoms with Crippen LogP contribution in [0, 0.1) is 23.0 Å². The molecule has 0 radical (unpaired) electrons. The Bertz CT molecular complexity index is 611. The molecule has 5 heteroatoms. The Balaban J connectivity index is 1.57. The molecule has 21 heavy (non-hydrogen) atoms. The van der Waals surface area contributed by atoms with Gasteiger partial charge in [0.15, 0.2) is 11.6 Å². The zero-order valence-corrected chi connectivity index (χ0v) is 11.8. The third-order valence-corrected chi connectivity index (χ3v) is 5.37. The van der Waals surface area contributed by atoms with Gasteiger partial charge >= 0.3 is 0 Å². The van der Waals surface area contributed by atoms with E-state index in [1.165, 1.54) is 12.1 Å². The largest absolute Gasteiger partial charge is 0.317 e. The van der Waals surface area contributed by atoms with Gasteiger partial charge in [0, 0.05) is 18.5 Å². The fourth-order valence-corrected chi connectivity index (χ4v) is 3.97. The molecule has 1 saturated heterocycles. The molecule has 2 fully saturated rings. The van der Waals surface area contributed by atoms with Gasteiger partial charge in [-0.05, 0) is 55.8 Å². The fraction of sp³-hybridized carbons (Fsp3) is 0.562. The summed E-state index contributed by atoms with van der Waals surface area (Å²) in [7, 11) is 0. The van der Waals surface area contributed by atoms with Crippen molar-refractivity contribution in [1.82, 2.24) is 5.32 Å². The molecule has 1 saturated carbocycles. The van der Waals surface area contributed by atoms with E-state index in [1.54, 1.807) is 4.90 Å². The first-order valence-electron chi connectivity index (χ1n) is 7.61. The van der Waals surface area contributed by atoms with Crippen molar-refractivity contribution in [3.05, 3.63) is 29.3 Å². The average Bonchev–Trinajstić information content (AvgIpc) is 3.01. The Morgan fingerprint density at radius 2 is 1.95 bits per heavy atom. The molecule has 0 bridgehead atoms. The lowest BCUT2D eigenvalue weighted by atomic mass is 9.91. The van der Waals surface area contributed by atoms with Crippen molar-refractivity contribution in [3.63, 3.8) is 0 Å². The van der Waals surface area contributed by atoms with Crippen molar-refractivity contribution in [2.24, 2.45) is 11.3 Å². The summed E-state index contributed by atoms with van der Waals surface area (Å²) < 4.78 is 26.7. The number of carbonyl (C=O) groups is 1. The lowest BCUT2D eigenvalue weighted by molar-refractivity contribution is -0.120. The van der Waals surface area contributed by atoms with Crippen LogP contribution in [0.2, 0.25) is 0 Å². The summed E-state index contributed by atoms with van der Waals surface area (Å²) in [5.74, 6) is -1.54. The number of hydrogen-bond donors (Lipinski definition) is 1. The summed E-state index contributed by atoms with van der Waals surface area (Å²) in [4.78, 5) is 14.4. The maximum absolute atomic E-state index is 13.5. The van der Waals surface area contributed by atoms with Gasteiger partial charge in [-0.2, -0.15) is 0 Å². The number of benzene rings is 1. The maximum Gasteiger partial charge on any atom is 0.230 e. The van der Waals surface area contributed by atoms with E-state index in [2.05, 4.69) is 5.32 Å². The number of hydrogen-bond acceptors (Lipinski definition) is 2. The van der Waals surface area contributed by atoms with Crippen LogP contribution in [-0.4, -0.2) is 25.5 Å². The van der Waals surface area contributed by atoms with Crippen LogP contribution in [0.1, 0.15) is 24.8 Å². The predicted molar refractivity (Wildman–Crippen MR) is 75.1 cm³/mol. The summed E-state index contributed by atoms with van der Waals surface area (Å²) in [6, 6.07) is 2.40.